The van der Waals surface area contributed by atoms with Gasteiger partial charge in [-0.05, 0) is 54.7 Å². The first-order chi connectivity index (χ1) is 11.1. The molecule has 0 aromatic heterocycles. The SMILES string of the molecule is CC1CCc2c(F)cccc2C1NC(=O)N1CCC(CO)CC1. The van der Waals surface area contributed by atoms with Crippen LogP contribution >= 0.6 is 0 Å². The molecule has 1 aliphatic carbocycles. The van der Waals surface area contributed by atoms with Gasteiger partial charge >= 0.3 is 6.03 Å². The third-order valence-corrected chi connectivity index (χ3v) is 5.35. The molecule has 2 amide bonds. The average molecular weight is 320 g/mol. The topological polar surface area (TPSA) is 52.6 Å². The highest BCUT2D eigenvalue weighted by Crippen LogP contribution is 2.35. The molecule has 2 aliphatic rings. The number of rotatable bonds is 2. The summed E-state index contributed by atoms with van der Waals surface area (Å²) in [6.07, 6.45) is 3.30. The lowest BCUT2D eigenvalue weighted by Crippen LogP contribution is -2.47. The Morgan fingerprint density at radius 2 is 2.09 bits per heavy atom. The maximum atomic E-state index is 14.0. The van der Waals surface area contributed by atoms with Crippen molar-refractivity contribution in [2.45, 2.75) is 38.6 Å². The fraction of sp³-hybridized carbons (Fsp3) is 0.611. The molecule has 0 saturated carbocycles. The van der Waals surface area contributed by atoms with Gasteiger partial charge in [-0.15, -0.1) is 0 Å². The molecule has 1 fully saturated rings. The van der Waals surface area contributed by atoms with Crippen molar-refractivity contribution >= 4 is 6.03 Å². The highest BCUT2D eigenvalue weighted by atomic mass is 19.1. The monoisotopic (exact) mass is 320 g/mol. The predicted molar refractivity (Wildman–Crippen MR) is 86.5 cm³/mol. The second-order valence-electron chi connectivity index (χ2n) is 6.86. The molecule has 0 spiro atoms. The standard InChI is InChI=1S/C18H25FN2O2/c1-12-5-6-14-15(3-2-4-16(14)19)17(12)20-18(23)21-9-7-13(11-22)8-10-21/h2-4,12-13,17,22H,5-11H2,1H3,(H,20,23). The molecule has 1 aromatic carbocycles. The first kappa shape index (κ1) is 16.2. The minimum absolute atomic E-state index is 0.0737. The van der Waals surface area contributed by atoms with Crippen LogP contribution in [0.2, 0.25) is 0 Å². The highest BCUT2D eigenvalue weighted by molar-refractivity contribution is 5.75. The van der Waals surface area contributed by atoms with Gasteiger partial charge in [0.15, 0.2) is 0 Å². The molecule has 4 nitrogen and oxygen atoms in total. The van der Waals surface area contributed by atoms with Gasteiger partial charge < -0.3 is 15.3 Å². The molecule has 1 heterocycles. The average Bonchev–Trinajstić information content (AvgIpc) is 2.57. The molecule has 5 heteroatoms. The van der Waals surface area contributed by atoms with Crippen molar-refractivity contribution in [3.05, 3.63) is 35.1 Å². The van der Waals surface area contributed by atoms with Gasteiger partial charge in [0.1, 0.15) is 5.82 Å². The third kappa shape index (κ3) is 3.34. The Bertz CT molecular complexity index is 570. The lowest BCUT2D eigenvalue weighted by atomic mass is 9.80. The van der Waals surface area contributed by atoms with Crippen molar-refractivity contribution in [1.82, 2.24) is 10.2 Å². The Morgan fingerprint density at radius 1 is 1.35 bits per heavy atom. The largest absolute Gasteiger partial charge is 0.396 e. The highest BCUT2D eigenvalue weighted by Gasteiger charge is 2.31. The number of likely N-dealkylation sites (tertiary alicyclic amines) is 1. The third-order valence-electron chi connectivity index (χ3n) is 5.35. The van der Waals surface area contributed by atoms with Gasteiger partial charge in [0.05, 0.1) is 6.04 Å². The van der Waals surface area contributed by atoms with Gasteiger partial charge in [-0.25, -0.2) is 9.18 Å². The minimum Gasteiger partial charge on any atom is -0.396 e. The first-order valence-electron chi connectivity index (χ1n) is 8.53. The molecule has 1 saturated heterocycles. The first-order valence-corrected chi connectivity index (χ1v) is 8.53. The maximum Gasteiger partial charge on any atom is 0.317 e. The van der Waals surface area contributed by atoms with Crippen molar-refractivity contribution in [1.29, 1.82) is 0 Å². The van der Waals surface area contributed by atoms with Crippen molar-refractivity contribution in [2.75, 3.05) is 19.7 Å². The maximum absolute atomic E-state index is 14.0. The second-order valence-corrected chi connectivity index (χ2v) is 6.86. The van der Waals surface area contributed by atoms with E-state index in [0.717, 1.165) is 36.8 Å². The number of carbonyl (C=O) groups excluding carboxylic acids is 1. The van der Waals surface area contributed by atoms with Crippen molar-refractivity contribution in [2.24, 2.45) is 11.8 Å². The van der Waals surface area contributed by atoms with E-state index < -0.39 is 0 Å². The summed E-state index contributed by atoms with van der Waals surface area (Å²) < 4.78 is 14.0. The molecule has 2 unspecified atom stereocenters. The number of fused-ring (bicyclic) bond motifs is 1. The Kier molecular flexibility index (Phi) is 4.85. The Hall–Kier alpha value is -1.62. The number of urea groups is 1. The molecule has 2 N–H and O–H groups in total. The van der Waals surface area contributed by atoms with Crippen LogP contribution in [0, 0.1) is 17.7 Å². The van der Waals surface area contributed by atoms with Crippen molar-refractivity contribution in [3.8, 4) is 0 Å². The van der Waals surface area contributed by atoms with E-state index >= 15 is 0 Å². The molecular formula is C18H25FN2O2. The summed E-state index contributed by atoms with van der Waals surface area (Å²) in [5.41, 5.74) is 1.66. The summed E-state index contributed by atoms with van der Waals surface area (Å²) >= 11 is 0. The molecule has 1 aliphatic heterocycles. The molecule has 0 radical (unpaired) electrons. The van der Waals surface area contributed by atoms with Gasteiger partial charge in [-0.2, -0.15) is 0 Å². The lowest BCUT2D eigenvalue weighted by molar-refractivity contribution is 0.133. The van der Waals surface area contributed by atoms with E-state index in [1.807, 2.05) is 11.0 Å². The number of halogens is 1. The van der Waals surface area contributed by atoms with E-state index in [1.165, 1.54) is 6.07 Å². The number of piperidine rings is 1. The van der Waals surface area contributed by atoms with Crippen LogP contribution in [0.1, 0.15) is 43.4 Å². The minimum atomic E-state index is -0.169. The number of hydrogen-bond acceptors (Lipinski definition) is 2. The van der Waals surface area contributed by atoms with Crippen LogP contribution in [0.4, 0.5) is 9.18 Å². The van der Waals surface area contributed by atoms with Crippen LogP contribution in [-0.4, -0.2) is 35.7 Å². The van der Waals surface area contributed by atoms with Crippen molar-refractivity contribution in [3.63, 3.8) is 0 Å². The number of nitrogens with one attached hydrogen (secondary N) is 1. The Labute approximate surface area is 136 Å². The Balaban J connectivity index is 1.70. The van der Waals surface area contributed by atoms with Crippen LogP contribution in [0.15, 0.2) is 18.2 Å². The smallest absolute Gasteiger partial charge is 0.317 e. The fourth-order valence-corrected chi connectivity index (χ4v) is 3.74. The van der Waals surface area contributed by atoms with Gasteiger partial charge in [-0.1, -0.05) is 19.1 Å². The van der Waals surface area contributed by atoms with E-state index in [2.05, 4.69) is 12.2 Å². The van der Waals surface area contributed by atoms with E-state index in [-0.39, 0.29) is 24.5 Å². The number of aliphatic hydroxyl groups excluding tert-OH is 1. The number of benzene rings is 1. The van der Waals surface area contributed by atoms with E-state index in [4.69, 9.17) is 0 Å². The quantitative estimate of drug-likeness (QED) is 0.880. The molecular weight excluding hydrogens is 295 g/mol. The molecule has 0 bridgehead atoms. The molecule has 126 valence electrons. The summed E-state index contributed by atoms with van der Waals surface area (Å²) in [6.45, 7) is 3.65. The number of hydrogen-bond donors (Lipinski definition) is 2. The fourth-order valence-electron chi connectivity index (χ4n) is 3.74. The van der Waals surface area contributed by atoms with E-state index in [1.54, 1.807) is 6.07 Å². The van der Waals surface area contributed by atoms with Crippen LogP contribution in [-0.2, 0) is 6.42 Å². The van der Waals surface area contributed by atoms with Crippen LogP contribution in [0.5, 0.6) is 0 Å². The number of carbonyl (C=O) groups is 1. The zero-order valence-corrected chi connectivity index (χ0v) is 13.6. The van der Waals surface area contributed by atoms with Gasteiger partial charge in [0.2, 0.25) is 0 Å². The summed E-state index contributed by atoms with van der Waals surface area (Å²) in [4.78, 5) is 14.4. The predicted octanol–water partition coefficient (Wildman–Crippen LogP) is 2.86. The molecule has 1 aromatic rings. The van der Waals surface area contributed by atoms with Crippen LogP contribution in [0.3, 0.4) is 0 Å². The molecule has 2 atom stereocenters. The zero-order chi connectivity index (χ0) is 16.4. The lowest BCUT2D eigenvalue weighted by Gasteiger charge is -2.36. The Morgan fingerprint density at radius 3 is 2.78 bits per heavy atom. The van der Waals surface area contributed by atoms with E-state index in [0.29, 0.717) is 24.9 Å². The molecule has 3 rings (SSSR count). The van der Waals surface area contributed by atoms with Crippen LogP contribution < -0.4 is 5.32 Å². The summed E-state index contributed by atoms with van der Waals surface area (Å²) in [6, 6.07) is 4.94. The number of nitrogens with zero attached hydrogens (tertiary/aromatic N) is 1. The zero-order valence-electron chi connectivity index (χ0n) is 13.6. The van der Waals surface area contributed by atoms with Gasteiger partial charge in [0.25, 0.3) is 0 Å². The number of aliphatic hydroxyl groups is 1. The van der Waals surface area contributed by atoms with E-state index in [9.17, 15) is 14.3 Å². The van der Waals surface area contributed by atoms with Crippen molar-refractivity contribution < 1.29 is 14.3 Å². The number of amides is 2. The summed E-state index contributed by atoms with van der Waals surface area (Å²) in [5, 5.41) is 12.3. The van der Waals surface area contributed by atoms with Gasteiger partial charge in [-0.3, -0.25) is 0 Å². The van der Waals surface area contributed by atoms with Gasteiger partial charge in [0, 0.05) is 19.7 Å². The normalized spacial score (nSPS) is 25.1. The summed E-state index contributed by atoms with van der Waals surface area (Å²) in [7, 11) is 0. The summed E-state index contributed by atoms with van der Waals surface area (Å²) in [5.74, 6) is 0.433. The van der Waals surface area contributed by atoms with Crippen LogP contribution in [0.25, 0.3) is 0 Å². The molecule has 23 heavy (non-hydrogen) atoms. The second kappa shape index (κ2) is 6.87.